The zero-order valence-electron chi connectivity index (χ0n) is 7.83. The minimum absolute atomic E-state index is 0.392. The molecule has 0 radical (unpaired) electrons. The number of allylic oxidation sites excluding steroid dienone is 1. The van der Waals surface area contributed by atoms with Crippen LogP contribution in [0.15, 0.2) is 11.6 Å². The van der Waals surface area contributed by atoms with E-state index >= 15 is 0 Å². The first-order valence-corrected chi connectivity index (χ1v) is 3.85. The summed E-state index contributed by atoms with van der Waals surface area (Å²) < 4.78 is 4.85. The highest BCUT2D eigenvalue weighted by molar-refractivity contribution is 5.66. The monoisotopic (exact) mass is 176 g/mol. The first-order valence-electron chi connectivity index (χ1n) is 3.85. The predicted molar refractivity (Wildman–Crippen MR) is 51.6 cm³/mol. The molecular formula is C11H12O2. The summed E-state index contributed by atoms with van der Waals surface area (Å²) in [5.74, 6) is 4.42. The molecule has 68 valence electrons. The Morgan fingerprint density at radius 3 is 2.54 bits per heavy atom. The van der Waals surface area contributed by atoms with E-state index in [-0.39, 0.29) is 0 Å². The Hall–Kier alpha value is -1.67. The third-order valence-electron chi connectivity index (χ3n) is 1.39. The normalized spacial score (nSPS) is 12.5. The number of hydrogen-bond donors (Lipinski definition) is 0. The van der Waals surface area contributed by atoms with Crippen molar-refractivity contribution in [1.82, 2.24) is 0 Å². The number of rotatable bonds is 3. The van der Waals surface area contributed by atoms with Crippen LogP contribution >= 0.6 is 0 Å². The van der Waals surface area contributed by atoms with E-state index in [0.29, 0.717) is 6.42 Å². The second kappa shape index (κ2) is 5.91. The molecule has 0 heterocycles. The first kappa shape index (κ1) is 11.3. The molecule has 0 aliphatic rings. The van der Waals surface area contributed by atoms with Gasteiger partial charge in [-0.25, -0.2) is 0 Å². The maximum atomic E-state index is 10.6. The second-order valence-electron chi connectivity index (χ2n) is 2.51. The molecule has 1 unspecified atom stereocenters. The van der Waals surface area contributed by atoms with Gasteiger partial charge in [0.15, 0.2) is 6.10 Å². The van der Waals surface area contributed by atoms with Gasteiger partial charge in [0.2, 0.25) is 0 Å². The number of ether oxygens (including phenoxy) is 1. The van der Waals surface area contributed by atoms with Crippen LogP contribution in [0.3, 0.4) is 0 Å². The van der Waals surface area contributed by atoms with Crippen LogP contribution in [0.1, 0.15) is 20.3 Å². The van der Waals surface area contributed by atoms with Gasteiger partial charge in [0.25, 0.3) is 0 Å². The third-order valence-corrected chi connectivity index (χ3v) is 1.39. The van der Waals surface area contributed by atoms with Gasteiger partial charge in [-0.3, -0.25) is 4.79 Å². The molecule has 13 heavy (non-hydrogen) atoms. The molecule has 0 bridgehead atoms. The fourth-order valence-corrected chi connectivity index (χ4v) is 0.751. The van der Waals surface area contributed by atoms with Crippen molar-refractivity contribution in [2.45, 2.75) is 26.4 Å². The van der Waals surface area contributed by atoms with E-state index in [1.54, 1.807) is 13.0 Å². The average Bonchev–Trinajstić information content (AvgIpc) is 2.09. The molecule has 2 nitrogen and oxygen atoms in total. The average molecular weight is 176 g/mol. The van der Waals surface area contributed by atoms with E-state index in [4.69, 9.17) is 17.6 Å². The standard InChI is InChI=1S/C11H12O2/c1-5-7-8-9(3)11(6-2)13-10(4)12/h1-2,8,11H,7H2,3-4H3/b9-8+. The van der Waals surface area contributed by atoms with E-state index in [1.165, 1.54) is 6.92 Å². The van der Waals surface area contributed by atoms with E-state index < -0.39 is 12.1 Å². The van der Waals surface area contributed by atoms with Crippen molar-refractivity contribution in [3.63, 3.8) is 0 Å². The summed E-state index contributed by atoms with van der Waals surface area (Å²) in [5, 5.41) is 0. The van der Waals surface area contributed by atoms with Crippen LogP contribution in [0.5, 0.6) is 0 Å². The summed E-state index contributed by atoms with van der Waals surface area (Å²) in [6.45, 7) is 3.10. The summed E-state index contributed by atoms with van der Waals surface area (Å²) in [6.07, 6.45) is 11.9. The van der Waals surface area contributed by atoms with Crippen LogP contribution in [0.25, 0.3) is 0 Å². The highest BCUT2D eigenvalue weighted by Gasteiger charge is 2.09. The lowest BCUT2D eigenvalue weighted by atomic mass is 10.1. The molecule has 0 fully saturated rings. The van der Waals surface area contributed by atoms with Crippen molar-refractivity contribution in [3.05, 3.63) is 11.6 Å². The molecule has 0 aromatic rings. The molecule has 0 amide bonds. The summed E-state index contributed by atoms with van der Waals surface area (Å²) in [5.41, 5.74) is 0.788. The number of carbonyl (C=O) groups excluding carboxylic acids is 1. The van der Waals surface area contributed by atoms with Gasteiger partial charge in [-0.1, -0.05) is 12.0 Å². The van der Waals surface area contributed by atoms with Gasteiger partial charge in [-0.15, -0.1) is 18.8 Å². The fourth-order valence-electron chi connectivity index (χ4n) is 0.751. The predicted octanol–water partition coefficient (Wildman–Crippen LogP) is 1.52. The molecule has 2 heteroatoms. The number of hydrogen-bond acceptors (Lipinski definition) is 2. The van der Waals surface area contributed by atoms with Gasteiger partial charge in [0.1, 0.15) is 0 Å². The van der Waals surface area contributed by atoms with Gasteiger partial charge in [-0.2, -0.15) is 0 Å². The van der Waals surface area contributed by atoms with Crippen LogP contribution < -0.4 is 0 Å². The molecule has 0 aromatic carbocycles. The molecule has 0 saturated heterocycles. The molecular weight excluding hydrogens is 164 g/mol. The van der Waals surface area contributed by atoms with E-state index in [9.17, 15) is 4.79 Å². The van der Waals surface area contributed by atoms with Gasteiger partial charge < -0.3 is 4.74 Å². The Morgan fingerprint density at radius 2 is 2.15 bits per heavy atom. The molecule has 0 aromatic heterocycles. The van der Waals surface area contributed by atoms with Crippen LogP contribution in [0, 0.1) is 24.7 Å². The highest BCUT2D eigenvalue weighted by atomic mass is 16.5. The largest absolute Gasteiger partial charge is 0.445 e. The lowest BCUT2D eigenvalue weighted by molar-refractivity contribution is -0.142. The van der Waals surface area contributed by atoms with Crippen molar-refractivity contribution in [1.29, 1.82) is 0 Å². The summed E-state index contributed by atoms with van der Waals surface area (Å²) >= 11 is 0. The maximum absolute atomic E-state index is 10.6. The first-order chi connectivity index (χ1) is 6.11. The number of terminal acetylenes is 2. The molecule has 0 spiro atoms. The van der Waals surface area contributed by atoms with Crippen molar-refractivity contribution < 1.29 is 9.53 Å². The van der Waals surface area contributed by atoms with Gasteiger partial charge >= 0.3 is 5.97 Å². The SMILES string of the molecule is C#CC/C=C(\C)C(C#C)OC(C)=O. The van der Waals surface area contributed by atoms with Gasteiger partial charge in [-0.05, 0) is 12.5 Å². The summed E-state index contributed by atoms with van der Waals surface area (Å²) in [7, 11) is 0. The van der Waals surface area contributed by atoms with Crippen LogP contribution in [0.2, 0.25) is 0 Å². The zero-order valence-corrected chi connectivity index (χ0v) is 7.83. The van der Waals surface area contributed by atoms with Crippen molar-refractivity contribution in [2.24, 2.45) is 0 Å². The topological polar surface area (TPSA) is 26.3 Å². The minimum atomic E-state index is -0.592. The lowest BCUT2D eigenvalue weighted by Crippen LogP contribution is -2.15. The summed E-state index contributed by atoms with van der Waals surface area (Å²) in [6, 6.07) is 0. The maximum Gasteiger partial charge on any atom is 0.304 e. The van der Waals surface area contributed by atoms with Crippen molar-refractivity contribution >= 4 is 5.97 Å². The van der Waals surface area contributed by atoms with E-state index in [1.807, 2.05) is 0 Å². The molecule has 0 saturated carbocycles. The van der Waals surface area contributed by atoms with Crippen LogP contribution in [0.4, 0.5) is 0 Å². The number of esters is 1. The number of carbonyl (C=O) groups is 1. The molecule has 0 N–H and O–H groups in total. The van der Waals surface area contributed by atoms with E-state index in [2.05, 4.69) is 11.8 Å². The van der Waals surface area contributed by atoms with Crippen molar-refractivity contribution in [3.8, 4) is 24.7 Å². The lowest BCUT2D eigenvalue weighted by Gasteiger charge is -2.10. The Kier molecular flexibility index (Phi) is 5.15. The van der Waals surface area contributed by atoms with Crippen molar-refractivity contribution in [2.75, 3.05) is 0 Å². The Labute approximate surface area is 79.0 Å². The van der Waals surface area contributed by atoms with Gasteiger partial charge in [0.05, 0.1) is 0 Å². The Balaban J connectivity index is 4.35. The second-order valence-corrected chi connectivity index (χ2v) is 2.51. The highest BCUT2D eigenvalue weighted by Crippen LogP contribution is 2.06. The molecule has 1 atom stereocenters. The Morgan fingerprint density at radius 1 is 1.54 bits per heavy atom. The molecule has 0 rings (SSSR count). The minimum Gasteiger partial charge on any atom is -0.445 e. The Bertz CT molecular complexity index is 286. The van der Waals surface area contributed by atoms with Gasteiger partial charge in [0, 0.05) is 13.3 Å². The van der Waals surface area contributed by atoms with E-state index in [0.717, 1.165) is 5.57 Å². The summed E-state index contributed by atoms with van der Waals surface area (Å²) in [4.78, 5) is 10.6. The van der Waals surface area contributed by atoms with Crippen LogP contribution in [-0.4, -0.2) is 12.1 Å². The zero-order chi connectivity index (χ0) is 10.3. The smallest absolute Gasteiger partial charge is 0.304 e. The molecule has 0 aliphatic carbocycles. The third kappa shape index (κ3) is 4.71. The molecule has 0 aliphatic heterocycles. The fraction of sp³-hybridized carbons (Fsp3) is 0.364. The quantitative estimate of drug-likeness (QED) is 0.370. The van der Waals surface area contributed by atoms with Crippen LogP contribution in [-0.2, 0) is 9.53 Å².